The third-order valence-electron chi connectivity index (χ3n) is 7.28. The Kier molecular flexibility index (Phi) is 6.21. The normalized spacial score (nSPS) is 27.1. The van der Waals surface area contributed by atoms with E-state index >= 15 is 0 Å². The summed E-state index contributed by atoms with van der Waals surface area (Å²) in [6.07, 6.45) is 5.70. The maximum Gasteiger partial charge on any atom is 0.225 e. The molecular weight excluding hydrogens is 383 g/mol. The van der Waals surface area contributed by atoms with Crippen LogP contribution in [0, 0.1) is 36.4 Å². The molecule has 4 rings (SSSR count). The fourth-order valence-electron chi connectivity index (χ4n) is 5.38. The highest BCUT2D eigenvalue weighted by Gasteiger charge is 2.42. The zero-order valence-electron chi connectivity index (χ0n) is 17.7. The van der Waals surface area contributed by atoms with E-state index in [4.69, 9.17) is 0 Å². The van der Waals surface area contributed by atoms with Crippen LogP contribution in [0.4, 0.5) is 4.39 Å². The van der Waals surface area contributed by atoms with Crippen LogP contribution in [0.1, 0.15) is 56.1 Å². The number of amides is 2. The van der Waals surface area contributed by atoms with Crippen LogP contribution in [0.15, 0.2) is 18.2 Å². The second kappa shape index (κ2) is 8.86. The Morgan fingerprint density at radius 3 is 2.37 bits per heavy atom. The number of rotatable bonds is 4. The van der Waals surface area contributed by atoms with Gasteiger partial charge < -0.3 is 10.2 Å². The Balaban J connectivity index is 1.25. The third-order valence-corrected chi connectivity index (χ3v) is 7.28. The molecule has 3 fully saturated rings. The van der Waals surface area contributed by atoms with Crippen LogP contribution in [0.25, 0.3) is 0 Å². The molecule has 2 bridgehead atoms. The minimum absolute atomic E-state index is 0.0270. The summed E-state index contributed by atoms with van der Waals surface area (Å²) < 4.78 is 13.7. The van der Waals surface area contributed by atoms with Crippen molar-refractivity contribution in [3.05, 3.63) is 35.1 Å². The van der Waals surface area contributed by atoms with Gasteiger partial charge in [-0.3, -0.25) is 14.4 Å². The second-order valence-electron chi connectivity index (χ2n) is 9.30. The Morgan fingerprint density at radius 1 is 1.07 bits per heavy atom. The van der Waals surface area contributed by atoms with E-state index in [1.807, 2.05) is 11.0 Å². The van der Waals surface area contributed by atoms with E-state index in [1.165, 1.54) is 6.07 Å². The number of hydrogen-bond acceptors (Lipinski definition) is 3. The van der Waals surface area contributed by atoms with Gasteiger partial charge in [0.2, 0.25) is 11.8 Å². The van der Waals surface area contributed by atoms with Crippen LogP contribution < -0.4 is 5.32 Å². The Hall–Kier alpha value is -2.24. The lowest BCUT2D eigenvalue weighted by molar-refractivity contribution is -0.145. The molecule has 2 amide bonds. The number of halogens is 1. The molecule has 5 nitrogen and oxygen atoms in total. The van der Waals surface area contributed by atoms with Gasteiger partial charge in [0.25, 0.3) is 0 Å². The number of nitrogens with zero attached hydrogens (tertiary/aromatic N) is 1. The summed E-state index contributed by atoms with van der Waals surface area (Å²) in [6, 6.07) is 5.00. The van der Waals surface area contributed by atoms with Crippen molar-refractivity contribution in [2.45, 2.75) is 58.4 Å². The zero-order valence-corrected chi connectivity index (χ0v) is 17.7. The summed E-state index contributed by atoms with van der Waals surface area (Å²) in [7, 11) is 0. The van der Waals surface area contributed by atoms with Gasteiger partial charge in [0.15, 0.2) is 0 Å². The van der Waals surface area contributed by atoms with Crippen LogP contribution in [-0.4, -0.2) is 35.6 Å². The molecule has 1 aliphatic heterocycles. The number of Topliss-reactive ketones (excluding diaryl/α,β-unsaturated/α-hetero) is 1. The van der Waals surface area contributed by atoms with Crippen LogP contribution >= 0.6 is 0 Å². The van der Waals surface area contributed by atoms with Crippen molar-refractivity contribution in [3.8, 4) is 0 Å². The number of fused-ring (bicyclic) bond motifs is 2. The number of piperidine rings is 1. The molecule has 2 atom stereocenters. The average Bonchev–Trinajstić information content (AvgIpc) is 2.74. The molecule has 1 aromatic carbocycles. The number of nitrogens with one attached hydrogen (secondary N) is 1. The van der Waals surface area contributed by atoms with Gasteiger partial charge in [-0.05, 0) is 62.6 Å². The second-order valence-corrected chi connectivity index (χ2v) is 9.30. The van der Waals surface area contributed by atoms with Gasteiger partial charge in [0.1, 0.15) is 11.6 Å². The molecule has 6 heteroatoms. The molecular formula is C24H31FN2O3. The summed E-state index contributed by atoms with van der Waals surface area (Å²) in [4.78, 5) is 39.7. The fourth-order valence-corrected chi connectivity index (χ4v) is 5.38. The summed E-state index contributed by atoms with van der Waals surface area (Å²) in [5, 5.41) is 2.91. The molecule has 30 heavy (non-hydrogen) atoms. The first-order valence-electron chi connectivity index (χ1n) is 11.3. The number of likely N-dealkylation sites (tertiary alicyclic amines) is 1. The number of aryl methyl sites for hydroxylation is 1. The number of ketones is 1. The molecule has 1 N–H and O–H groups in total. The quantitative estimate of drug-likeness (QED) is 0.821. The van der Waals surface area contributed by atoms with E-state index in [9.17, 15) is 18.8 Å². The van der Waals surface area contributed by atoms with E-state index in [0.717, 1.165) is 24.8 Å². The van der Waals surface area contributed by atoms with Crippen LogP contribution in [-0.2, 0) is 20.9 Å². The number of carbonyl (C=O) groups is 3. The third kappa shape index (κ3) is 4.42. The lowest BCUT2D eigenvalue weighted by Crippen LogP contribution is -2.48. The SMILES string of the molecule is Cc1ccc(CNC(=O)C2CCN(C(=O)C3CC4CCCC(C3)C4=O)CC2)cc1F. The maximum atomic E-state index is 13.7. The molecule has 1 aromatic rings. The van der Waals surface area contributed by atoms with Gasteiger partial charge in [-0.25, -0.2) is 4.39 Å². The number of benzene rings is 1. The largest absolute Gasteiger partial charge is 0.352 e. The first kappa shape index (κ1) is 21.0. The predicted molar refractivity (Wildman–Crippen MR) is 111 cm³/mol. The average molecular weight is 415 g/mol. The van der Waals surface area contributed by atoms with Crippen molar-refractivity contribution in [1.82, 2.24) is 10.2 Å². The van der Waals surface area contributed by atoms with Crippen LogP contribution in [0.3, 0.4) is 0 Å². The van der Waals surface area contributed by atoms with Crippen molar-refractivity contribution in [3.63, 3.8) is 0 Å². The molecule has 0 radical (unpaired) electrons. The van der Waals surface area contributed by atoms with Gasteiger partial charge in [0, 0.05) is 43.3 Å². The van der Waals surface area contributed by atoms with Gasteiger partial charge >= 0.3 is 0 Å². The molecule has 1 heterocycles. The number of carbonyl (C=O) groups excluding carboxylic acids is 3. The van der Waals surface area contributed by atoms with Crippen molar-refractivity contribution >= 4 is 17.6 Å². The van der Waals surface area contributed by atoms with E-state index < -0.39 is 0 Å². The van der Waals surface area contributed by atoms with Gasteiger partial charge in [-0.15, -0.1) is 0 Å². The molecule has 2 unspecified atom stereocenters. The molecule has 2 aliphatic carbocycles. The van der Waals surface area contributed by atoms with Crippen molar-refractivity contribution in [2.75, 3.05) is 13.1 Å². The van der Waals surface area contributed by atoms with Crippen molar-refractivity contribution in [2.24, 2.45) is 23.7 Å². The topological polar surface area (TPSA) is 66.5 Å². The lowest BCUT2D eigenvalue weighted by atomic mass is 9.67. The smallest absolute Gasteiger partial charge is 0.225 e. The first-order chi connectivity index (χ1) is 14.4. The van der Waals surface area contributed by atoms with Crippen molar-refractivity contribution < 1.29 is 18.8 Å². The predicted octanol–water partition coefficient (Wildman–Crippen LogP) is 3.38. The van der Waals surface area contributed by atoms with Crippen molar-refractivity contribution in [1.29, 1.82) is 0 Å². The first-order valence-corrected chi connectivity index (χ1v) is 11.3. The highest BCUT2D eigenvalue weighted by atomic mass is 19.1. The summed E-state index contributed by atoms with van der Waals surface area (Å²) in [5.41, 5.74) is 1.34. The van der Waals surface area contributed by atoms with Crippen LogP contribution in [0.5, 0.6) is 0 Å². The highest BCUT2D eigenvalue weighted by Crippen LogP contribution is 2.41. The highest BCUT2D eigenvalue weighted by molar-refractivity contribution is 5.88. The summed E-state index contributed by atoms with van der Waals surface area (Å²) >= 11 is 0. The monoisotopic (exact) mass is 414 g/mol. The lowest BCUT2D eigenvalue weighted by Gasteiger charge is -2.40. The Labute approximate surface area is 177 Å². The van der Waals surface area contributed by atoms with Gasteiger partial charge in [0.05, 0.1) is 0 Å². The minimum Gasteiger partial charge on any atom is -0.352 e. The molecule has 1 saturated heterocycles. The molecule has 162 valence electrons. The van der Waals surface area contributed by atoms with E-state index in [2.05, 4.69) is 5.32 Å². The van der Waals surface area contributed by atoms with E-state index in [1.54, 1.807) is 13.0 Å². The maximum absolute atomic E-state index is 13.7. The minimum atomic E-state index is -0.262. The molecule has 2 saturated carbocycles. The molecule has 3 aliphatic rings. The summed E-state index contributed by atoms with van der Waals surface area (Å²) in [6.45, 7) is 3.21. The summed E-state index contributed by atoms with van der Waals surface area (Å²) in [5.74, 6) is 0.296. The van der Waals surface area contributed by atoms with E-state index in [-0.39, 0.29) is 41.3 Å². The Bertz CT molecular complexity index is 816. The molecule has 0 aromatic heterocycles. The molecule has 0 spiro atoms. The van der Waals surface area contributed by atoms with E-state index in [0.29, 0.717) is 56.7 Å². The van der Waals surface area contributed by atoms with Gasteiger partial charge in [-0.1, -0.05) is 18.6 Å². The van der Waals surface area contributed by atoms with Crippen LogP contribution in [0.2, 0.25) is 0 Å². The Morgan fingerprint density at radius 2 is 1.73 bits per heavy atom. The standard InChI is InChI=1S/C24H31FN2O3/c1-15-5-6-16(11-21(15)25)14-26-23(29)17-7-9-27(10-8-17)24(30)20-12-18-3-2-4-19(13-20)22(18)28/h5-6,11,17-20H,2-4,7-10,12-14H2,1H3,(H,26,29). The van der Waals surface area contributed by atoms with Gasteiger partial charge in [-0.2, -0.15) is 0 Å². The zero-order chi connectivity index (χ0) is 21.3. The fraction of sp³-hybridized carbons (Fsp3) is 0.625. The number of hydrogen-bond donors (Lipinski definition) is 1.